The van der Waals surface area contributed by atoms with Gasteiger partial charge in [-0.25, -0.2) is 0 Å². The third-order valence-electron chi connectivity index (χ3n) is 6.42. The largest absolute Gasteiger partial charge is 0.402 e. The van der Waals surface area contributed by atoms with Gasteiger partial charge in [-0.1, -0.05) is 135 Å². The molecule has 174 valence electrons. The van der Waals surface area contributed by atoms with Gasteiger partial charge in [0.1, 0.15) is 0 Å². The summed E-state index contributed by atoms with van der Waals surface area (Å²) in [6, 6.07) is 0. The Morgan fingerprint density at radius 2 is 0.690 bits per heavy atom. The smallest absolute Gasteiger partial charge is 0.00723 e. The van der Waals surface area contributed by atoms with Crippen LogP contribution in [0.25, 0.3) is 0 Å². The van der Waals surface area contributed by atoms with Gasteiger partial charge in [0, 0.05) is 5.70 Å². The van der Waals surface area contributed by atoms with Crippen LogP contribution < -0.4 is 5.73 Å². The quantitative estimate of drug-likeness (QED) is 0.167. The van der Waals surface area contributed by atoms with Gasteiger partial charge in [-0.3, -0.25) is 0 Å². The van der Waals surface area contributed by atoms with Gasteiger partial charge in [0.25, 0.3) is 0 Å². The van der Waals surface area contributed by atoms with E-state index in [0.717, 1.165) is 6.42 Å². The topological polar surface area (TPSA) is 26.0 Å². The molecule has 0 aromatic heterocycles. The molecule has 0 aromatic rings. The number of nitrogens with two attached hydrogens (primary N) is 1. The minimum Gasteiger partial charge on any atom is -0.402 e. The molecule has 29 heavy (non-hydrogen) atoms. The van der Waals surface area contributed by atoms with E-state index in [1.54, 1.807) is 5.57 Å². The lowest BCUT2D eigenvalue weighted by Crippen LogP contribution is -2.03. The second-order valence-electron chi connectivity index (χ2n) is 9.39. The summed E-state index contributed by atoms with van der Waals surface area (Å²) in [7, 11) is 0. The van der Waals surface area contributed by atoms with Crippen molar-refractivity contribution in [3.8, 4) is 0 Å². The monoisotopic (exact) mass is 407 g/mol. The summed E-state index contributed by atoms with van der Waals surface area (Å²) < 4.78 is 0. The summed E-state index contributed by atoms with van der Waals surface area (Å²) in [5, 5.41) is 0. The van der Waals surface area contributed by atoms with Crippen LogP contribution in [0.3, 0.4) is 0 Å². The van der Waals surface area contributed by atoms with Crippen molar-refractivity contribution in [2.24, 2.45) is 5.73 Å². The number of hydrogen-bond donors (Lipinski definition) is 1. The molecule has 0 atom stereocenters. The van der Waals surface area contributed by atoms with Crippen molar-refractivity contribution in [3.05, 3.63) is 11.3 Å². The molecule has 1 heteroatoms. The third-order valence-corrected chi connectivity index (χ3v) is 6.42. The Kier molecular flexibility index (Phi) is 23.4. The molecule has 0 spiro atoms. The fourth-order valence-electron chi connectivity index (χ4n) is 4.27. The Hall–Kier alpha value is -0.460. The van der Waals surface area contributed by atoms with Crippen LogP contribution in [-0.2, 0) is 0 Å². The first-order valence-electron chi connectivity index (χ1n) is 13.7. The first-order valence-corrected chi connectivity index (χ1v) is 13.7. The van der Waals surface area contributed by atoms with Crippen molar-refractivity contribution in [2.75, 3.05) is 0 Å². The maximum absolute atomic E-state index is 6.39. The molecule has 0 radical (unpaired) electrons. The molecule has 0 unspecified atom stereocenters. The average Bonchev–Trinajstić information content (AvgIpc) is 2.73. The highest BCUT2D eigenvalue weighted by Gasteiger charge is 2.04. The normalized spacial score (nSPS) is 12.4. The van der Waals surface area contributed by atoms with Gasteiger partial charge in [0.2, 0.25) is 0 Å². The minimum absolute atomic E-state index is 1.12. The molecule has 0 heterocycles. The summed E-state index contributed by atoms with van der Waals surface area (Å²) in [6.07, 6.45) is 31.8. The highest BCUT2D eigenvalue weighted by atomic mass is 14.6. The Balaban J connectivity index is 3.50. The molecule has 0 fully saturated rings. The molecule has 0 aromatic carbocycles. The molecule has 0 rings (SSSR count). The van der Waals surface area contributed by atoms with Gasteiger partial charge in [-0.15, -0.1) is 0 Å². The zero-order valence-electron chi connectivity index (χ0n) is 20.8. The fraction of sp³-hybridized carbons (Fsp3) is 0.929. The van der Waals surface area contributed by atoms with Crippen LogP contribution in [0.15, 0.2) is 11.3 Å². The van der Waals surface area contributed by atoms with Crippen molar-refractivity contribution < 1.29 is 0 Å². The summed E-state index contributed by atoms with van der Waals surface area (Å²) in [6.45, 7) is 6.84. The van der Waals surface area contributed by atoms with Crippen LogP contribution in [-0.4, -0.2) is 0 Å². The molecule has 0 saturated carbocycles. The van der Waals surface area contributed by atoms with Crippen molar-refractivity contribution in [1.82, 2.24) is 0 Å². The Labute approximate surface area is 185 Å². The number of unbranched alkanes of at least 4 members (excludes halogenated alkanes) is 17. The highest BCUT2D eigenvalue weighted by Crippen LogP contribution is 2.21. The maximum atomic E-state index is 6.39. The van der Waals surface area contributed by atoms with Crippen molar-refractivity contribution in [3.63, 3.8) is 0 Å². The van der Waals surface area contributed by atoms with Crippen molar-refractivity contribution in [1.29, 1.82) is 0 Å². The standard InChI is InChI=1S/C28H57N/c1-4-7-10-11-12-13-14-15-16-17-18-19-20-21-22-23-25-27(24-8-5-2)28(29)26-9-6-3/h4-26,29H2,1-3H3. The van der Waals surface area contributed by atoms with E-state index < -0.39 is 0 Å². The van der Waals surface area contributed by atoms with Crippen LogP contribution in [0.4, 0.5) is 0 Å². The van der Waals surface area contributed by atoms with E-state index in [-0.39, 0.29) is 0 Å². The average molecular weight is 408 g/mol. The lowest BCUT2D eigenvalue weighted by molar-refractivity contribution is 0.528. The van der Waals surface area contributed by atoms with E-state index in [4.69, 9.17) is 5.73 Å². The number of allylic oxidation sites excluding steroid dienone is 2. The summed E-state index contributed by atoms with van der Waals surface area (Å²) >= 11 is 0. The van der Waals surface area contributed by atoms with E-state index in [9.17, 15) is 0 Å². The van der Waals surface area contributed by atoms with Crippen LogP contribution in [0.2, 0.25) is 0 Å². The molecular weight excluding hydrogens is 350 g/mol. The minimum atomic E-state index is 1.12. The first-order chi connectivity index (χ1) is 14.3. The van der Waals surface area contributed by atoms with E-state index >= 15 is 0 Å². The number of rotatable bonds is 23. The molecule has 2 N–H and O–H groups in total. The molecule has 1 nitrogen and oxygen atoms in total. The van der Waals surface area contributed by atoms with Gasteiger partial charge in [-0.2, -0.15) is 0 Å². The molecule has 0 aliphatic heterocycles. The molecule has 0 aliphatic rings. The van der Waals surface area contributed by atoms with E-state index in [2.05, 4.69) is 20.8 Å². The Bertz CT molecular complexity index is 344. The predicted octanol–water partition coefficient (Wildman–Crippen LogP) is 10.2. The lowest BCUT2D eigenvalue weighted by atomic mass is 9.97. The molecule has 0 aliphatic carbocycles. The van der Waals surface area contributed by atoms with Gasteiger partial charge >= 0.3 is 0 Å². The van der Waals surface area contributed by atoms with Gasteiger partial charge in [0.15, 0.2) is 0 Å². The SMILES string of the molecule is CCCCCCCCCCCCCCCCCCC(CCCC)=C(N)CCCC. The van der Waals surface area contributed by atoms with Crippen molar-refractivity contribution in [2.45, 2.75) is 168 Å². The van der Waals surface area contributed by atoms with E-state index in [1.165, 1.54) is 147 Å². The Morgan fingerprint density at radius 3 is 1.10 bits per heavy atom. The summed E-state index contributed by atoms with van der Waals surface area (Å²) in [5.41, 5.74) is 9.20. The second-order valence-corrected chi connectivity index (χ2v) is 9.39. The maximum Gasteiger partial charge on any atom is 0.00723 e. The van der Waals surface area contributed by atoms with Crippen LogP contribution in [0, 0.1) is 0 Å². The van der Waals surface area contributed by atoms with Crippen LogP contribution in [0.5, 0.6) is 0 Å². The van der Waals surface area contributed by atoms with Crippen LogP contribution >= 0.6 is 0 Å². The first kappa shape index (κ1) is 28.5. The lowest BCUT2D eigenvalue weighted by Gasteiger charge is -2.12. The molecule has 0 bridgehead atoms. The van der Waals surface area contributed by atoms with E-state index in [1.807, 2.05) is 0 Å². The van der Waals surface area contributed by atoms with E-state index in [0.29, 0.717) is 0 Å². The molecular formula is C28H57N. The van der Waals surface area contributed by atoms with Gasteiger partial charge in [0.05, 0.1) is 0 Å². The molecule has 0 amide bonds. The highest BCUT2D eigenvalue weighted by molar-refractivity contribution is 5.11. The summed E-state index contributed by atoms with van der Waals surface area (Å²) in [4.78, 5) is 0. The fourth-order valence-corrected chi connectivity index (χ4v) is 4.27. The third kappa shape index (κ3) is 20.6. The second kappa shape index (κ2) is 23.8. The van der Waals surface area contributed by atoms with Gasteiger partial charge in [-0.05, 0) is 38.5 Å². The van der Waals surface area contributed by atoms with Gasteiger partial charge < -0.3 is 5.73 Å². The number of hydrogen-bond acceptors (Lipinski definition) is 1. The van der Waals surface area contributed by atoms with Crippen LogP contribution in [0.1, 0.15) is 168 Å². The van der Waals surface area contributed by atoms with Crippen molar-refractivity contribution >= 4 is 0 Å². The molecule has 0 saturated heterocycles. The zero-order valence-corrected chi connectivity index (χ0v) is 20.8. The predicted molar refractivity (Wildman–Crippen MR) is 134 cm³/mol. The zero-order chi connectivity index (χ0) is 21.4. The Morgan fingerprint density at radius 1 is 0.379 bits per heavy atom. The summed E-state index contributed by atoms with van der Waals surface area (Å²) in [5.74, 6) is 0.